The highest BCUT2D eigenvalue weighted by atomic mass is 16.3. The SMILES string of the molecule is C[C@@]12CC[C@@H](O)C[C@@H]1CC[C@H]1[C@H]3CC/C(=C\c4ccco4)C(=O)[C@@H]3C[C@@H](O)[C@@H]12. The number of hydrogen-bond donors (Lipinski definition) is 2. The quantitative estimate of drug-likeness (QED) is 0.712. The summed E-state index contributed by atoms with van der Waals surface area (Å²) in [5.74, 6) is 2.57. The Labute approximate surface area is 167 Å². The third-order valence-electron chi connectivity index (χ3n) is 8.81. The second-order valence-corrected chi connectivity index (χ2v) is 10.1. The average molecular weight is 385 g/mol. The van der Waals surface area contributed by atoms with E-state index in [9.17, 15) is 15.0 Å². The number of carbonyl (C=O) groups is 1. The molecule has 4 aliphatic carbocycles. The van der Waals surface area contributed by atoms with E-state index in [0.29, 0.717) is 24.2 Å². The van der Waals surface area contributed by atoms with Gasteiger partial charge in [-0.3, -0.25) is 4.79 Å². The Morgan fingerprint density at radius 3 is 2.79 bits per heavy atom. The molecule has 4 nitrogen and oxygen atoms in total. The number of aliphatic hydroxyl groups is 2. The van der Waals surface area contributed by atoms with E-state index in [1.165, 1.54) is 0 Å². The largest absolute Gasteiger partial charge is 0.465 e. The fraction of sp³-hybridized carbons (Fsp3) is 0.708. The first-order chi connectivity index (χ1) is 13.5. The molecule has 0 spiro atoms. The van der Waals surface area contributed by atoms with Crippen LogP contribution in [0.5, 0.6) is 0 Å². The molecule has 152 valence electrons. The molecule has 0 aromatic carbocycles. The summed E-state index contributed by atoms with van der Waals surface area (Å²) < 4.78 is 5.41. The number of aliphatic hydroxyl groups excluding tert-OH is 2. The van der Waals surface area contributed by atoms with Gasteiger partial charge in [-0.05, 0) is 104 Å². The van der Waals surface area contributed by atoms with Gasteiger partial charge in [0.1, 0.15) is 5.76 Å². The van der Waals surface area contributed by atoms with Gasteiger partial charge in [0, 0.05) is 5.92 Å². The van der Waals surface area contributed by atoms with Crippen molar-refractivity contribution < 1.29 is 19.4 Å². The van der Waals surface area contributed by atoms with E-state index in [-0.39, 0.29) is 29.1 Å². The van der Waals surface area contributed by atoms with E-state index in [2.05, 4.69) is 6.92 Å². The molecule has 28 heavy (non-hydrogen) atoms. The van der Waals surface area contributed by atoms with Crippen LogP contribution in [0.1, 0.15) is 64.1 Å². The van der Waals surface area contributed by atoms with E-state index >= 15 is 0 Å². The van der Waals surface area contributed by atoms with Crippen LogP contribution in [-0.2, 0) is 4.79 Å². The first kappa shape index (κ1) is 18.6. The summed E-state index contributed by atoms with van der Waals surface area (Å²) in [6, 6.07) is 3.73. The van der Waals surface area contributed by atoms with Gasteiger partial charge < -0.3 is 14.6 Å². The van der Waals surface area contributed by atoms with Crippen molar-refractivity contribution in [2.75, 3.05) is 0 Å². The first-order valence-electron chi connectivity index (χ1n) is 11.1. The highest BCUT2D eigenvalue weighted by molar-refractivity contribution is 6.01. The molecule has 0 amide bonds. The maximum absolute atomic E-state index is 13.3. The number of fused-ring (bicyclic) bond motifs is 5. The van der Waals surface area contributed by atoms with Crippen LogP contribution in [-0.4, -0.2) is 28.2 Å². The Morgan fingerprint density at radius 1 is 1.14 bits per heavy atom. The summed E-state index contributed by atoms with van der Waals surface area (Å²) in [4.78, 5) is 13.3. The molecule has 0 unspecified atom stereocenters. The summed E-state index contributed by atoms with van der Waals surface area (Å²) in [5, 5.41) is 21.4. The molecule has 4 saturated carbocycles. The van der Waals surface area contributed by atoms with Gasteiger partial charge in [-0.1, -0.05) is 6.92 Å². The maximum Gasteiger partial charge on any atom is 0.162 e. The van der Waals surface area contributed by atoms with Gasteiger partial charge in [-0.15, -0.1) is 0 Å². The fourth-order valence-corrected chi connectivity index (χ4v) is 7.52. The monoisotopic (exact) mass is 384 g/mol. The molecule has 0 saturated heterocycles. The van der Waals surface area contributed by atoms with Gasteiger partial charge in [0.2, 0.25) is 0 Å². The van der Waals surface area contributed by atoms with Crippen LogP contribution in [0.4, 0.5) is 0 Å². The molecule has 2 N–H and O–H groups in total. The third kappa shape index (κ3) is 2.83. The second kappa shape index (κ2) is 6.84. The van der Waals surface area contributed by atoms with Crippen LogP contribution in [0.2, 0.25) is 0 Å². The van der Waals surface area contributed by atoms with E-state index in [4.69, 9.17) is 4.42 Å². The number of Topliss-reactive ketones (excluding diaryl/α,β-unsaturated/α-hetero) is 1. The molecule has 8 atom stereocenters. The first-order valence-corrected chi connectivity index (χ1v) is 11.1. The topological polar surface area (TPSA) is 70.7 Å². The Morgan fingerprint density at radius 2 is 2.00 bits per heavy atom. The van der Waals surface area contributed by atoms with Crippen molar-refractivity contribution in [3.63, 3.8) is 0 Å². The molecule has 1 aromatic rings. The van der Waals surface area contributed by atoms with Gasteiger partial charge >= 0.3 is 0 Å². The summed E-state index contributed by atoms with van der Waals surface area (Å²) in [6.07, 6.45) is 10.4. The fourth-order valence-electron chi connectivity index (χ4n) is 7.52. The molecule has 0 aliphatic heterocycles. The van der Waals surface area contributed by atoms with Gasteiger partial charge in [-0.2, -0.15) is 0 Å². The molecule has 0 bridgehead atoms. The minimum absolute atomic E-state index is 0.0412. The standard InChI is InChI=1S/C24H32O4/c1-24-9-8-16(25)12-15(24)5-7-19-18-6-4-14(11-17-3-2-10-28-17)23(27)20(18)13-21(26)22(19)24/h2-3,10-11,15-16,18-22,25-26H,4-9,12-13H2,1H3/b14-11+/t15-,16+,18+,19-,20+,21+,22+,24+/m0/s1. The van der Waals surface area contributed by atoms with Gasteiger partial charge in [0.25, 0.3) is 0 Å². The summed E-state index contributed by atoms with van der Waals surface area (Å²) >= 11 is 0. The lowest BCUT2D eigenvalue weighted by atomic mass is 9.45. The molecule has 0 radical (unpaired) electrons. The Balaban J connectivity index is 1.41. The molecule has 1 heterocycles. The number of rotatable bonds is 1. The van der Waals surface area contributed by atoms with Crippen molar-refractivity contribution in [3.05, 3.63) is 29.7 Å². The minimum atomic E-state index is -0.402. The molecule has 1 aromatic heterocycles. The number of furan rings is 1. The number of carbonyl (C=O) groups excluding carboxylic acids is 1. The maximum atomic E-state index is 13.3. The van der Waals surface area contributed by atoms with Crippen molar-refractivity contribution in [1.29, 1.82) is 0 Å². The van der Waals surface area contributed by atoms with Crippen molar-refractivity contribution in [2.24, 2.45) is 35.0 Å². The lowest BCUT2D eigenvalue weighted by Crippen LogP contribution is -2.58. The summed E-state index contributed by atoms with van der Waals surface area (Å²) in [6.45, 7) is 2.36. The van der Waals surface area contributed by atoms with Crippen LogP contribution in [0, 0.1) is 35.0 Å². The highest BCUT2D eigenvalue weighted by Crippen LogP contribution is 2.62. The highest BCUT2D eigenvalue weighted by Gasteiger charge is 2.59. The Bertz CT molecular complexity index is 766. The van der Waals surface area contributed by atoms with Crippen LogP contribution >= 0.6 is 0 Å². The summed E-state index contributed by atoms with van der Waals surface area (Å²) in [7, 11) is 0. The lowest BCUT2D eigenvalue weighted by Gasteiger charge is -2.61. The molecular formula is C24H32O4. The Kier molecular flexibility index (Phi) is 4.55. The van der Waals surface area contributed by atoms with Gasteiger partial charge in [0.15, 0.2) is 5.78 Å². The van der Waals surface area contributed by atoms with E-state index < -0.39 is 6.10 Å². The molecule has 5 rings (SSSR count). The lowest BCUT2D eigenvalue weighted by molar-refractivity contribution is -0.168. The minimum Gasteiger partial charge on any atom is -0.465 e. The van der Waals surface area contributed by atoms with Crippen LogP contribution < -0.4 is 0 Å². The number of ketones is 1. The van der Waals surface area contributed by atoms with Gasteiger partial charge in [0.05, 0.1) is 18.5 Å². The number of hydrogen-bond acceptors (Lipinski definition) is 4. The summed E-state index contributed by atoms with van der Waals surface area (Å²) in [5.41, 5.74) is 0.974. The smallest absolute Gasteiger partial charge is 0.162 e. The predicted molar refractivity (Wildman–Crippen MR) is 106 cm³/mol. The van der Waals surface area contributed by atoms with Crippen molar-refractivity contribution in [1.82, 2.24) is 0 Å². The van der Waals surface area contributed by atoms with Gasteiger partial charge in [-0.25, -0.2) is 0 Å². The molecular weight excluding hydrogens is 352 g/mol. The predicted octanol–water partition coefficient (Wildman–Crippen LogP) is 4.22. The second-order valence-electron chi connectivity index (χ2n) is 10.1. The molecule has 4 aliphatic rings. The average Bonchev–Trinajstić information content (AvgIpc) is 3.18. The zero-order chi connectivity index (χ0) is 19.5. The number of allylic oxidation sites excluding steroid dienone is 1. The third-order valence-corrected chi connectivity index (χ3v) is 8.81. The van der Waals surface area contributed by atoms with E-state index in [1.807, 2.05) is 18.2 Å². The normalized spacial score (nSPS) is 47.3. The Hall–Kier alpha value is -1.39. The zero-order valence-electron chi connectivity index (χ0n) is 16.7. The van der Waals surface area contributed by atoms with E-state index in [1.54, 1.807) is 6.26 Å². The van der Waals surface area contributed by atoms with E-state index in [0.717, 1.165) is 56.3 Å². The van der Waals surface area contributed by atoms with Crippen molar-refractivity contribution in [3.8, 4) is 0 Å². The van der Waals surface area contributed by atoms with Crippen molar-refractivity contribution in [2.45, 2.75) is 70.5 Å². The van der Waals surface area contributed by atoms with Crippen molar-refractivity contribution >= 4 is 11.9 Å². The zero-order valence-corrected chi connectivity index (χ0v) is 16.7. The van der Waals surface area contributed by atoms with Crippen LogP contribution in [0.15, 0.2) is 28.4 Å². The van der Waals surface area contributed by atoms with Crippen LogP contribution in [0.3, 0.4) is 0 Å². The molecule has 4 heteroatoms. The molecule has 4 fully saturated rings. The van der Waals surface area contributed by atoms with Crippen LogP contribution in [0.25, 0.3) is 6.08 Å².